The zero-order valence-corrected chi connectivity index (χ0v) is 12.7. The van der Waals surface area contributed by atoms with Crippen LogP contribution < -0.4 is 5.32 Å². The summed E-state index contributed by atoms with van der Waals surface area (Å²) >= 11 is 0. The molecule has 1 fully saturated rings. The van der Waals surface area contributed by atoms with Gasteiger partial charge in [0.25, 0.3) is 5.91 Å². The van der Waals surface area contributed by atoms with E-state index in [1.54, 1.807) is 25.4 Å². The number of nitrogens with zero attached hydrogens (tertiary/aromatic N) is 3. The van der Waals surface area contributed by atoms with Gasteiger partial charge in [-0.2, -0.15) is 0 Å². The van der Waals surface area contributed by atoms with Crippen LogP contribution in [0.25, 0.3) is 0 Å². The van der Waals surface area contributed by atoms with E-state index in [1.165, 1.54) is 0 Å². The molecule has 1 saturated heterocycles. The number of carbonyl (C=O) groups excluding carboxylic acids is 1. The molecule has 2 aromatic rings. The summed E-state index contributed by atoms with van der Waals surface area (Å²) in [6.45, 7) is 5.01. The third kappa shape index (κ3) is 3.51. The standard InChI is InChI=1S/C16H20N4O2/c1-12-7-15(19-22-12)16(21)20(11-14-4-6-18-9-14)10-13-3-2-5-17-8-13/h2-3,5,7-8,14,18H,4,6,9-11H2,1H3. The first-order valence-electron chi connectivity index (χ1n) is 7.54. The summed E-state index contributed by atoms with van der Waals surface area (Å²) in [5.74, 6) is 1.04. The van der Waals surface area contributed by atoms with Crippen LogP contribution in [-0.2, 0) is 6.54 Å². The largest absolute Gasteiger partial charge is 0.361 e. The van der Waals surface area contributed by atoms with Crippen LogP contribution in [0.1, 0.15) is 28.2 Å². The maximum absolute atomic E-state index is 12.7. The number of nitrogens with one attached hydrogen (secondary N) is 1. The summed E-state index contributed by atoms with van der Waals surface area (Å²) in [6, 6.07) is 5.55. The van der Waals surface area contributed by atoms with Gasteiger partial charge in [0.15, 0.2) is 5.69 Å². The molecular formula is C16H20N4O2. The van der Waals surface area contributed by atoms with Gasteiger partial charge in [0, 0.05) is 31.5 Å². The Bertz CT molecular complexity index is 620. The number of amides is 1. The molecule has 1 N–H and O–H groups in total. The van der Waals surface area contributed by atoms with Crippen molar-refractivity contribution in [3.05, 3.63) is 47.6 Å². The summed E-state index contributed by atoms with van der Waals surface area (Å²) < 4.78 is 5.03. The second kappa shape index (κ2) is 6.70. The average molecular weight is 300 g/mol. The van der Waals surface area contributed by atoms with Crippen molar-refractivity contribution in [1.29, 1.82) is 0 Å². The van der Waals surface area contributed by atoms with Gasteiger partial charge in [0.2, 0.25) is 0 Å². The van der Waals surface area contributed by atoms with Crippen LogP contribution in [0.5, 0.6) is 0 Å². The Morgan fingerprint density at radius 2 is 2.45 bits per heavy atom. The van der Waals surface area contributed by atoms with E-state index >= 15 is 0 Å². The molecule has 3 heterocycles. The smallest absolute Gasteiger partial charge is 0.276 e. The zero-order valence-electron chi connectivity index (χ0n) is 12.7. The predicted molar refractivity (Wildman–Crippen MR) is 81.2 cm³/mol. The molecule has 0 bridgehead atoms. The average Bonchev–Trinajstić information content (AvgIpc) is 3.18. The maximum atomic E-state index is 12.7. The highest BCUT2D eigenvalue weighted by atomic mass is 16.5. The van der Waals surface area contributed by atoms with Crippen molar-refractivity contribution in [2.24, 2.45) is 5.92 Å². The van der Waals surface area contributed by atoms with Crippen LogP contribution in [0.4, 0.5) is 0 Å². The molecule has 0 spiro atoms. The van der Waals surface area contributed by atoms with Crippen LogP contribution >= 0.6 is 0 Å². The zero-order chi connectivity index (χ0) is 15.4. The highest BCUT2D eigenvalue weighted by Gasteiger charge is 2.24. The monoisotopic (exact) mass is 300 g/mol. The molecule has 1 amide bonds. The number of hydrogen-bond acceptors (Lipinski definition) is 5. The molecule has 0 saturated carbocycles. The maximum Gasteiger partial charge on any atom is 0.276 e. The molecule has 0 aromatic carbocycles. The fourth-order valence-electron chi connectivity index (χ4n) is 2.74. The first-order chi connectivity index (χ1) is 10.7. The molecule has 6 nitrogen and oxygen atoms in total. The molecule has 0 aliphatic carbocycles. The number of rotatable bonds is 5. The van der Waals surface area contributed by atoms with E-state index in [0.717, 1.165) is 25.1 Å². The molecule has 6 heteroatoms. The molecule has 1 unspecified atom stereocenters. The van der Waals surface area contributed by atoms with Crippen molar-refractivity contribution in [3.63, 3.8) is 0 Å². The van der Waals surface area contributed by atoms with Gasteiger partial charge in [-0.05, 0) is 44.0 Å². The van der Waals surface area contributed by atoms with Gasteiger partial charge in [0.05, 0.1) is 0 Å². The number of pyridine rings is 1. The quantitative estimate of drug-likeness (QED) is 0.908. The lowest BCUT2D eigenvalue weighted by atomic mass is 10.1. The summed E-state index contributed by atoms with van der Waals surface area (Å²) in [4.78, 5) is 18.7. The highest BCUT2D eigenvalue weighted by molar-refractivity contribution is 5.92. The number of aromatic nitrogens is 2. The third-order valence-electron chi connectivity index (χ3n) is 3.87. The Morgan fingerprint density at radius 3 is 3.09 bits per heavy atom. The lowest BCUT2D eigenvalue weighted by molar-refractivity contribution is 0.0708. The normalized spacial score (nSPS) is 17.6. The van der Waals surface area contributed by atoms with Crippen LogP contribution in [0, 0.1) is 12.8 Å². The van der Waals surface area contributed by atoms with Crippen LogP contribution in [0.2, 0.25) is 0 Å². The van der Waals surface area contributed by atoms with Crippen molar-refractivity contribution in [2.45, 2.75) is 19.9 Å². The Balaban J connectivity index is 1.76. The molecule has 0 radical (unpaired) electrons. The number of aryl methyl sites for hydroxylation is 1. The minimum atomic E-state index is -0.0902. The van der Waals surface area contributed by atoms with E-state index in [9.17, 15) is 4.79 Å². The summed E-state index contributed by atoms with van der Waals surface area (Å²) in [7, 11) is 0. The Hall–Kier alpha value is -2.21. The SMILES string of the molecule is Cc1cc(C(=O)N(Cc2cccnc2)CC2CCNC2)no1. The Labute approximate surface area is 129 Å². The van der Waals surface area contributed by atoms with Crippen molar-refractivity contribution in [3.8, 4) is 0 Å². The Kier molecular flexibility index (Phi) is 4.48. The second-order valence-electron chi connectivity index (χ2n) is 5.73. The van der Waals surface area contributed by atoms with Gasteiger partial charge in [-0.25, -0.2) is 0 Å². The summed E-state index contributed by atoms with van der Waals surface area (Å²) in [6.07, 6.45) is 4.62. The van der Waals surface area contributed by atoms with Gasteiger partial charge in [0.1, 0.15) is 5.76 Å². The van der Waals surface area contributed by atoms with Gasteiger partial charge < -0.3 is 14.7 Å². The van der Waals surface area contributed by atoms with Gasteiger partial charge in [-0.1, -0.05) is 11.2 Å². The molecule has 116 valence electrons. The van der Waals surface area contributed by atoms with Crippen LogP contribution in [-0.4, -0.2) is 40.6 Å². The minimum absolute atomic E-state index is 0.0902. The molecule has 1 aliphatic rings. The van der Waals surface area contributed by atoms with E-state index in [0.29, 0.717) is 30.5 Å². The van der Waals surface area contributed by atoms with E-state index in [-0.39, 0.29) is 5.91 Å². The lowest BCUT2D eigenvalue weighted by Crippen LogP contribution is -2.35. The van der Waals surface area contributed by atoms with E-state index in [4.69, 9.17) is 4.52 Å². The number of hydrogen-bond donors (Lipinski definition) is 1. The first-order valence-corrected chi connectivity index (χ1v) is 7.54. The molecule has 2 aromatic heterocycles. The van der Waals surface area contributed by atoms with Crippen LogP contribution in [0.3, 0.4) is 0 Å². The lowest BCUT2D eigenvalue weighted by Gasteiger charge is -2.24. The van der Waals surface area contributed by atoms with Gasteiger partial charge >= 0.3 is 0 Å². The minimum Gasteiger partial charge on any atom is -0.361 e. The molecular weight excluding hydrogens is 280 g/mol. The van der Waals surface area contributed by atoms with Crippen molar-refractivity contribution in [2.75, 3.05) is 19.6 Å². The first kappa shape index (κ1) is 14.7. The van der Waals surface area contributed by atoms with E-state index in [2.05, 4.69) is 15.5 Å². The molecule has 3 rings (SSSR count). The highest BCUT2D eigenvalue weighted by Crippen LogP contribution is 2.15. The molecule has 1 aliphatic heterocycles. The van der Waals surface area contributed by atoms with Crippen LogP contribution in [0.15, 0.2) is 35.1 Å². The van der Waals surface area contributed by atoms with Gasteiger partial charge in [-0.15, -0.1) is 0 Å². The van der Waals surface area contributed by atoms with Crippen molar-refractivity contribution in [1.82, 2.24) is 20.4 Å². The van der Waals surface area contributed by atoms with E-state index < -0.39 is 0 Å². The summed E-state index contributed by atoms with van der Waals surface area (Å²) in [5, 5.41) is 7.20. The number of carbonyl (C=O) groups is 1. The predicted octanol–water partition coefficient (Wildman–Crippen LogP) is 1.63. The second-order valence-corrected chi connectivity index (χ2v) is 5.73. The van der Waals surface area contributed by atoms with E-state index in [1.807, 2.05) is 17.0 Å². The molecule has 1 atom stereocenters. The van der Waals surface area contributed by atoms with Gasteiger partial charge in [-0.3, -0.25) is 9.78 Å². The molecule has 22 heavy (non-hydrogen) atoms. The third-order valence-corrected chi connectivity index (χ3v) is 3.87. The summed E-state index contributed by atoms with van der Waals surface area (Å²) in [5.41, 5.74) is 1.38. The Morgan fingerprint density at radius 1 is 1.55 bits per heavy atom. The fourth-order valence-corrected chi connectivity index (χ4v) is 2.74. The van der Waals surface area contributed by atoms with Crippen molar-refractivity contribution >= 4 is 5.91 Å². The topological polar surface area (TPSA) is 71.3 Å². The fraction of sp³-hybridized carbons (Fsp3) is 0.438. The van der Waals surface area contributed by atoms with Crippen molar-refractivity contribution < 1.29 is 9.32 Å².